The van der Waals surface area contributed by atoms with E-state index in [4.69, 9.17) is 21.1 Å². The maximum absolute atomic E-state index is 14.8. The third kappa shape index (κ3) is 3.61. The van der Waals surface area contributed by atoms with Gasteiger partial charge in [0.15, 0.2) is 11.0 Å². The van der Waals surface area contributed by atoms with E-state index in [9.17, 15) is 17.6 Å². The quantitative estimate of drug-likeness (QED) is 0.500. The van der Waals surface area contributed by atoms with Crippen molar-refractivity contribution in [3.8, 4) is 11.9 Å². The fraction of sp³-hybridized carbons (Fsp3) is 0.632. The SMILES string of the molecule is Fc1c(Cl)nc2c3c(nc(OC[C@@]45CCCN4C[C@H](F)C5)nc13)N(CC(F)F)CCO2. The Morgan fingerprint density at radius 1 is 1.26 bits per heavy atom. The molecule has 5 rings (SSSR count). The first-order valence-electron chi connectivity index (χ1n) is 10.1. The molecule has 5 heterocycles. The Labute approximate surface area is 180 Å². The molecule has 2 aromatic heterocycles. The second-order valence-corrected chi connectivity index (χ2v) is 8.48. The summed E-state index contributed by atoms with van der Waals surface area (Å²) in [7, 11) is 0. The minimum Gasteiger partial charge on any atom is -0.475 e. The van der Waals surface area contributed by atoms with Crippen molar-refractivity contribution in [2.45, 2.75) is 37.4 Å². The Morgan fingerprint density at radius 3 is 2.90 bits per heavy atom. The van der Waals surface area contributed by atoms with Crippen LogP contribution in [0.3, 0.4) is 0 Å². The van der Waals surface area contributed by atoms with E-state index >= 15 is 0 Å². The van der Waals surface area contributed by atoms with E-state index in [1.807, 2.05) is 0 Å². The van der Waals surface area contributed by atoms with Crippen LogP contribution in [-0.4, -0.2) is 77.4 Å². The number of aromatic nitrogens is 3. The molecule has 7 nitrogen and oxygen atoms in total. The van der Waals surface area contributed by atoms with Crippen LogP contribution in [0.4, 0.5) is 23.4 Å². The summed E-state index contributed by atoms with van der Waals surface area (Å²) < 4.78 is 66.5. The number of rotatable bonds is 5. The first-order chi connectivity index (χ1) is 14.9. The maximum atomic E-state index is 14.8. The zero-order valence-electron chi connectivity index (χ0n) is 16.5. The van der Waals surface area contributed by atoms with Crippen LogP contribution in [0.5, 0.6) is 11.9 Å². The number of fused-ring (bicyclic) bond motifs is 1. The van der Waals surface area contributed by atoms with Gasteiger partial charge < -0.3 is 14.4 Å². The Morgan fingerprint density at radius 2 is 2.10 bits per heavy atom. The van der Waals surface area contributed by atoms with Crippen LogP contribution in [0.25, 0.3) is 10.9 Å². The smallest absolute Gasteiger partial charge is 0.319 e. The number of anilines is 1. The van der Waals surface area contributed by atoms with Gasteiger partial charge >= 0.3 is 6.01 Å². The molecule has 2 saturated heterocycles. The Kier molecular flexibility index (Phi) is 5.20. The fourth-order valence-electron chi connectivity index (χ4n) is 4.82. The van der Waals surface area contributed by atoms with Crippen molar-refractivity contribution in [1.82, 2.24) is 19.9 Å². The van der Waals surface area contributed by atoms with Crippen LogP contribution >= 0.6 is 11.6 Å². The Hall–Kier alpha value is -2.14. The van der Waals surface area contributed by atoms with Crippen LogP contribution in [-0.2, 0) is 0 Å². The predicted octanol–water partition coefficient (Wildman–Crippen LogP) is 3.24. The molecule has 2 fully saturated rings. The van der Waals surface area contributed by atoms with Gasteiger partial charge in [0.2, 0.25) is 5.88 Å². The number of nitrogens with zero attached hydrogens (tertiary/aromatic N) is 5. The lowest BCUT2D eigenvalue weighted by atomic mass is 9.95. The molecule has 168 valence electrons. The van der Waals surface area contributed by atoms with E-state index in [0.717, 1.165) is 19.4 Å². The van der Waals surface area contributed by atoms with E-state index in [-0.39, 0.29) is 48.4 Å². The normalized spacial score (nSPS) is 25.7. The lowest BCUT2D eigenvalue weighted by Gasteiger charge is -2.31. The standard InChI is InChI=1S/C19H20ClF4N5O2/c20-15-13(24)14-12-16(28(8-11(22)23)4-5-30-17(12)26-15)27-18(25-14)31-9-19-2-1-3-29(19)7-10(21)6-19/h10-11H,1-9H2/t10-,19+/m1/s1. The van der Waals surface area contributed by atoms with E-state index in [0.29, 0.717) is 13.0 Å². The molecular weight excluding hydrogens is 442 g/mol. The molecule has 0 N–H and O–H groups in total. The van der Waals surface area contributed by atoms with Gasteiger partial charge in [-0.2, -0.15) is 15.0 Å². The molecule has 3 aliphatic rings. The molecule has 0 bridgehead atoms. The summed E-state index contributed by atoms with van der Waals surface area (Å²) in [6, 6.07) is -0.181. The van der Waals surface area contributed by atoms with Gasteiger partial charge in [-0.05, 0) is 19.4 Å². The van der Waals surface area contributed by atoms with E-state index in [1.54, 1.807) is 0 Å². The van der Waals surface area contributed by atoms with Gasteiger partial charge in [0.1, 0.15) is 36.1 Å². The van der Waals surface area contributed by atoms with Gasteiger partial charge in [-0.1, -0.05) is 11.6 Å². The molecule has 0 spiro atoms. The summed E-state index contributed by atoms with van der Waals surface area (Å²) >= 11 is 5.89. The van der Waals surface area contributed by atoms with E-state index < -0.39 is 35.7 Å². The largest absolute Gasteiger partial charge is 0.475 e. The van der Waals surface area contributed by atoms with E-state index in [2.05, 4.69) is 19.9 Å². The van der Waals surface area contributed by atoms with Crippen molar-refractivity contribution in [3.05, 3.63) is 11.0 Å². The third-order valence-electron chi connectivity index (χ3n) is 6.16. The summed E-state index contributed by atoms with van der Waals surface area (Å²) in [5, 5.41) is -0.380. The summed E-state index contributed by atoms with van der Waals surface area (Å²) in [4.78, 5) is 15.7. The molecule has 2 atom stereocenters. The summed E-state index contributed by atoms with van der Waals surface area (Å²) in [6.07, 6.45) is -1.54. The third-order valence-corrected chi connectivity index (χ3v) is 6.41. The number of halogens is 5. The highest BCUT2D eigenvalue weighted by atomic mass is 35.5. The maximum Gasteiger partial charge on any atom is 0.319 e. The molecule has 31 heavy (non-hydrogen) atoms. The lowest BCUT2D eigenvalue weighted by molar-refractivity contribution is 0.107. The van der Waals surface area contributed by atoms with Crippen molar-refractivity contribution in [3.63, 3.8) is 0 Å². The zero-order valence-corrected chi connectivity index (χ0v) is 17.2. The van der Waals surface area contributed by atoms with Gasteiger partial charge in [0, 0.05) is 13.0 Å². The van der Waals surface area contributed by atoms with Crippen molar-refractivity contribution < 1.29 is 27.0 Å². The van der Waals surface area contributed by atoms with Gasteiger partial charge in [-0.3, -0.25) is 4.90 Å². The number of alkyl halides is 3. The molecule has 12 heteroatoms. The minimum atomic E-state index is -2.65. The summed E-state index contributed by atoms with van der Waals surface area (Å²) in [5.74, 6) is -0.885. The van der Waals surface area contributed by atoms with Crippen molar-refractivity contribution in [1.29, 1.82) is 0 Å². The monoisotopic (exact) mass is 461 g/mol. The van der Waals surface area contributed by atoms with E-state index in [1.165, 1.54) is 4.90 Å². The first-order valence-corrected chi connectivity index (χ1v) is 10.5. The fourth-order valence-corrected chi connectivity index (χ4v) is 4.99. The molecular formula is C19H20ClF4N5O2. The Bertz CT molecular complexity index is 1020. The van der Waals surface area contributed by atoms with Crippen molar-refractivity contribution >= 4 is 28.3 Å². The number of ether oxygens (including phenoxy) is 2. The highest BCUT2D eigenvalue weighted by molar-refractivity contribution is 6.30. The average molecular weight is 462 g/mol. The first kappa shape index (κ1) is 20.7. The van der Waals surface area contributed by atoms with Crippen LogP contribution in [0.15, 0.2) is 0 Å². The summed E-state index contributed by atoms with van der Waals surface area (Å²) in [6.45, 7) is 0.765. The van der Waals surface area contributed by atoms with Gasteiger partial charge in [0.25, 0.3) is 6.43 Å². The van der Waals surface area contributed by atoms with Crippen LogP contribution in [0.1, 0.15) is 19.3 Å². The van der Waals surface area contributed by atoms with Crippen LogP contribution in [0.2, 0.25) is 5.15 Å². The van der Waals surface area contributed by atoms with Gasteiger partial charge in [0.05, 0.1) is 18.6 Å². The summed E-state index contributed by atoms with van der Waals surface area (Å²) in [5.41, 5.74) is -0.677. The number of hydrogen-bond donors (Lipinski definition) is 0. The highest BCUT2D eigenvalue weighted by Gasteiger charge is 2.49. The second kappa shape index (κ2) is 7.77. The van der Waals surface area contributed by atoms with Crippen LogP contribution in [0, 0.1) is 5.82 Å². The Balaban J connectivity index is 1.55. The molecule has 0 aromatic carbocycles. The molecule has 0 amide bonds. The molecule has 3 aliphatic heterocycles. The van der Waals surface area contributed by atoms with Gasteiger partial charge in [-0.25, -0.2) is 17.6 Å². The topological polar surface area (TPSA) is 63.6 Å². The molecule has 2 aromatic rings. The molecule has 0 saturated carbocycles. The van der Waals surface area contributed by atoms with Crippen LogP contribution < -0.4 is 14.4 Å². The number of hydrogen-bond acceptors (Lipinski definition) is 7. The van der Waals surface area contributed by atoms with Crippen molar-refractivity contribution in [2.24, 2.45) is 0 Å². The molecule has 0 radical (unpaired) electrons. The van der Waals surface area contributed by atoms with Crippen molar-refractivity contribution in [2.75, 3.05) is 44.3 Å². The molecule has 0 aliphatic carbocycles. The minimum absolute atomic E-state index is 0.0173. The molecule has 0 unspecified atom stereocenters. The predicted molar refractivity (Wildman–Crippen MR) is 105 cm³/mol. The zero-order chi connectivity index (χ0) is 21.8. The highest BCUT2D eigenvalue weighted by Crippen LogP contribution is 2.41. The average Bonchev–Trinajstić information content (AvgIpc) is 3.18. The lowest BCUT2D eigenvalue weighted by Crippen LogP contribution is -2.43. The number of pyridine rings is 1. The van der Waals surface area contributed by atoms with Gasteiger partial charge in [-0.15, -0.1) is 0 Å². The second-order valence-electron chi connectivity index (χ2n) is 8.12.